The second kappa shape index (κ2) is 6.36. The molecule has 1 amide bonds. The lowest BCUT2D eigenvalue weighted by molar-refractivity contribution is -0.111. The molecule has 4 aromatic rings. The van der Waals surface area contributed by atoms with Gasteiger partial charge in [0.05, 0.1) is 5.52 Å². The van der Waals surface area contributed by atoms with Crippen LogP contribution in [0.5, 0.6) is 0 Å². The van der Waals surface area contributed by atoms with E-state index >= 15 is 0 Å². The van der Waals surface area contributed by atoms with Crippen molar-refractivity contribution in [3.8, 4) is 0 Å². The first kappa shape index (κ1) is 15.8. The number of nitrogens with zero attached hydrogens (tertiary/aromatic N) is 1. The number of pyridine rings is 1. The van der Waals surface area contributed by atoms with E-state index in [0.29, 0.717) is 0 Å². The zero-order valence-corrected chi connectivity index (χ0v) is 14.8. The van der Waals surface area contributed by atoms with Crippen LogP contribution in [-0.2, 0) is 17.6 Å². The Bertz CT molecular complexity index is 1210. The van der Waals surface area contributed by atoms with E-state index in [1.807, 2.05) is 42.5 Å². The van der Waals surface area contributed by atoms with Gasteiger partial charge in [-0.05, 0) is 47.6 Å². The second-order valence-corrected chi connectivity index (χ2v) is 6.86. The highest BCUT2D eigenvalue weighted by atomic mass is 16.1. The van der Waals surface area contributed by atoms with E-state index in [0.717, 1.165) is 40.4 Å². The van der Waals surface area contributed by atoms with Gasteiger partial charge in [0.1, 0.15) is 0 Å². The van der Waals surface area contributed by atoms with Crippen molar-refractivity contribution in [1.82, 2.24) is 4.98 Å². The van der Waals surface area contributed by atoms with E-state index in [1.165, 1.54) is 16.5 Å². The molecule has 0 spiro atoms. The number of carbonyl (C=O) groups is 1. The van der Waals surface area contributed by atoms with Gasteiger partial charge in [0, 0.05) is 34.3 Å². The Hall–Kier alpha value is -3.46. The summed E-state index contributed by atoms with van der Waals surface area (Å²) in [5.74, 6) is -0.137. The third-order valence-corrected chi connectivity index (χ3v) is 5.21. The number of hydrogen-bond acceptors (Lipinski definition) is 2. The fourth-order valence-corrected chi connectivity index (χ4v) is 3.96. The number of fused-ring (bicyclic) bond motifs is 1. The van der Waals surface area contributed by atoms with Crippen LogP contribution in [0.1, 0.15) is 16.7 Å². The van der Waals surface area contributed by atoms with Crippen molar-refractivity contribution in [1.29, 1.82) is 0 Å². The molecule has 1 aliphatic rings. The molecule has 0 radical (unpaired) electrons. The van der Waals surface area contributed by atoms with Crippen molar-refractivity contribution in [2.75, 3.05) is 5.32 Å². The molecule has 0 bridgehead atoms. The van der Waals surface area contributed by atoms with Gasteiger partial charge in [0.2, 0.25) is 5.91 Å². The first-order chi connectivity index (χ1) is 13.3. The molecule has 3 heteroatoms. The highest BCUT2D eigenvalue weighted by Gasteiger charge is 2.16. The van der Waals surface area contributed by atoms with Gasteiger partial charge in [0.25, 0.3) is 0 Å². The summed E-state index contributed by atoms with van der Waals surface area (Å²) >= 11 is 0. The fourth-order valence-electron chi connectivity index (χ4n) is 3.96. The van der Waals surface area contributed by atoms with Gasteiger partial charge in [-0.1, -0.05) is 48.5 Å². The van der Waals surface area contributed by atoms with Gasteiger partial charge in [-0.2, -0.15) is 0 Å². The molecule has 1 aromatic heterocycles. The summed E-state index contributed by atoms with van der Waals surface area (Å²) in [4.78, 5) is 17.0. The highest BCUT2D eigenvalue weighted by molar-refractivity contribution is 6.09. The molecular formula is C24H18N2O. The number of anilines is 1. The Morgan fingerprint density at radius 1 is 0.926 bits per heavy atom. The minimum absolute atomic E-state index is 0.137. The molecule has 0 unspecified atom stereocenters. The lowest BCUT2D eigenvalue weighted by atomic mass is 10.0. The lowest BCUT2D eigenvalue weighted by Gasteiger charge is -2.09. The summed E-state index contributed by atoms with van der Waals surface area (Å²) < 4.78 is 0. The van der Waals surface area contributed by atoms with Crippen LogP contribution in [0, 0.1) is 0 Å². The number of aryl methyl sites for hydroxylation is 2. The number of benzene rings is 3. The number of para-hydroxylation sites is 1. The zero-order chi connectivity index (χ0) is 18.2. The van der Waals surface area contributed by atoms with Crippen LogP contribution in [0.3, 0.4) is 0 Å². The van der Waals surface area contributed by atoms with Crippen LogP contribution >= 0.6 is 0 Å². The predicted octanol–water partition coefficient (Wildman–Crippen LogP) is 5.14. The number of amides is 1. The first-order valence-corrected chi connectivity index (χ1v) is 9.16. The Labute approximate surface area is 157 Å². The maximum absolute atomic E-state index is 12.5. The predicted molar refractivity (Wildman–Crippen MR) is 111 cm³/mol. The van der Waals surface area contributed by atoms with Crippen molar-refractivity contribution in [2.24, 2.45) is 0 Å². The second-order valence-electron chi connectivity index (χ2n) is 6.86. The van der Waals surface area contributed by atoms with Gasteiger partial charge in [-0.25, -0.2) is 0 Å². The van der Waals surface area contributed by atoms with Gasteiger partial charge in [-0.3, -0.25) is 9.78 Å². The van der Waals surface area contributed by atoms with Crippen molar-refractivity contribution in [3.05, 3.63) is 89.6 Å². The highest BCUT2D eigenvalue weighted by Crippen LogP contribution is 2.35. The first-order valence-electron chi connectivity index (χ1n) is 9.16. The van der Waals surface area contributed by atoms with E-state index < -0.39 is 0 Å². The summed E-state index contributed by atoms with van der Waals surface area (Å²) in [5, 5.41) is 6.53. The smallest absolute Gasteiger partial charge is 0.248 e. The summed E-state index contributed by atoms with van der Waals surface area (Å²) in [5.41, 5.74) is 5.44. The molecule has 130 valence electrons. The van der Waals surface area contributed by atoms with Crippen molar-refractivity contribution >= 4 is 39.3 Å². The standard InChI is InChI=1S/C24H18N2O/c27-22(14-12-19-6-1-5-18-7-3-15-25-24(18)19)26-21-13-11-17-10-9-16-4-2-8-20(21)23(16)17/h1-8,11-15H,9-10H2,(H,26,27)/b14-12+. The molecule has 1 aliphatic carbocycles. The average Bonchev–Trinajstić information content (AvgIpc) is 3.13. The van der Waals surface area contributed by atoms with E-state index in [1.54, 1.807) is 12.3 Å². The number of nitrogens with one attached hydrogen (secondary N) is 1. The maximum atomic E-state index is 12.5. The molecule has 0 atom stereocenters. The van der Waals surface area contributed by atoms with Crippen LogP contribution in [0.25, 0.3) is 27.8 Å². The number of hydrogen-bond donors (Lipinski definition) is 1. The van der Waals surface area contributed by atoms with Crippen molar-refractivity contribution in [3.63, 3.8) is 0 Å². The maximum Gasteiger partial charge on any atom is 0.248 e. The molecule has 1 N–H and O–H groups in total. The molecule has 1 heterocycles. The molecule has 3 nitrogen and oxygen atoms in total. The quantitative estimate of drug-likeness (QED) is 0.520. The van der Waals surface area contributed by atoms with Crippen molar-refractivity contribution in [2.45, 2.75) is 12.8 Å². The average molecular weight is 350 g/mol. The zero-order valence-electron chi connectivity index (χ0n) is 14.8. The Balaban J connectivity index is 1.45. The minimum Gasteiger partial charge on any atom is -0.322 e. The van der Waals surface area contributed by atoms with Crippen LogP contribution in [0.15, 0.2) is 72.9 Å². The van der Waals surface area contributed by atoms with E-state index in [9.17, 15) is 4.79 Å². The van der Waals surface area contributed by atoms with Crippen LogP contribution in [0.4, 0.5) is 5.69 Å². The summed E-state index contributed by atoms with van der Waals surface area (Å²) in [6.07, 6.45) is 7.33. The number of aromatic nitrogens is 1. The molecule has 3 aromatic carbocycles. The fraction of sp³-hybridized carbons (Fsp3) is 0.0833. The Morgan fingerprint density at radius 2 is 1.74 bits per heavy atom. The van der Waals surface area contributed by atoms with Gasteiger partial charge in [-0.15, -0.1) is 0 Å². The van der Waals surface area contributed by atoms with Crippen LogP contribution in [0.2, 0.25) is 0 Å². The number of carbonyl (C=O) groups excluding carboxylic acids is 1. The summed E-state index contributed by atoms with van der Waals surface area (Å²) in [7, 11) is 0. The monoisotopic (exact) mass is 350 g/mol. The molecule has 0 aliphatic heterocycles. The largest absolute Gasteiger partial charge is 0.322 e. The molecule has 27 heavy (non-hydrogen) atoms. The topological polar surface area (TPSA) is 42.0 Å². The van der Waals surface area contributed by atoms with Gasteiger partial charge in [0.15, 0.2) is 0 Å². The normalized spacial score (nSPS) is 12.9. The van der Waals surface area contributed by atoms with Gasteiger partial charge < -0.3 is 5.32 Å². The van der Waals surface area contributed by atoms with Crippen LogP contribution in [-0.4, -0.2) is 10.9 Å². The van der Waals surface area contributed by atoms with E-state index in [4.69, 9.17) is 0 Å². The molecule has 5 rings (SSSR count). The summed E-state index contributed by atoms with van der Waals surface area (Å²) in [6.45, 7) is 0. The minimum atomic E-state index is -0.137. The Morgan fingerprint density at radius 3 is 2.67 bits per heavy atom. The van der Waals surface area contributed by atoms with E-state index in [2.05, 4.69) is 34.6 Å². The van der Waals surface area contributed by atoms with Crippen LogP contribution < -0.4 is 5.32 Å². The summed E-state index contributed by atoms with van der Waals surface area (Å²) in [6, 6.07) is 20.4. The molecule has 0 fully saturated rings. The third kappa shape index (κ3) is 2.77. The Kier molecular flexibility index (Phi) is 3.72. The SMILES string of the molecule is O=C(/C=C/c1cccc2cccnc12)Nc1ccc2c3c(cccc13)CC2. The van der Waals surface area contributed by atoms with E-state index in [-0.39, 0.29) is 5.91 Å². The molecule has 0 saturated carbocycles. The third-order valence-electron chi connectivity index (χ3n) is 5.21. The molecular weight excluding hydrogens is 332 g/mol. The number of rotatable bonds is 3. The lowest BCUT2D eigenvalue weighted by Crippen LogP contribution is -2.08. The van der Waals surface area contributed by atoms with Gasteiger partial charge >= 0.3 is 0 Å². The van der Waals surface area contributed by atoms with Crippen molar-refractivity contribution < 1.29 is 4.79 Å². The molecule has 0 saturated heterocycles.